The summed E-state index contributed by atoms with van der Waals surface area (Å²) in [6, 6.07) is 38.6. The van der Waals surface area contributed by atoms with Gasteiger partial charge in [-0.05, 0) is 65.7 Å². The van der Waals surface area contributed by atoms with Crippen molar-refractivity contribution in [2.45, 2.75) is 0 Å². The molecule has 0 fully saturated rings. The molecule has 0 amide bonds. The molecule has 0 N–H and O–H groups in total. The van der Waals surface area contributed by atoms with Crippen LogP contribution in [0.25, 0.3) is 60.6 Å². The van der Waals surface area contributed by atoms with E-state index in [9.17, 15) is 0 Å². The van der Waals surface area contributed by atoms with Crippen molar-refractivity contribution >= 4 is 59.7 Å². The Labute approximate surface area is 198 Å². The van der Waals surface area contributed by atoms with Crippen LogP contribution >= 0.6 is 15.9 Å². The molecular formula is C30H18BrNO. The largest absolute Gasteiger partial charge is 0.456 e. The molecule has 2 aromatic heterocycles. The van der Waals surface area contributed by atoms with Gasteiger partial charge in [-0.1, -0.05) is 70.5 Å². The predicted molar refractivity (Wildman–Crippen MR) is 141 cm³/mol. The third kappa shape index (κ3) is 2.86. The molecule has 0 spiro atoms. The number of benzene rings is 5. The number of furan rings is 1. The Balaban J connectivity index is 1.48. The fourth-order valence-electron chi connectivity index (χ4n) is 4.94. The monoisotopic (exact) mass is 487 g/mol. The highest BCUT2D eigenvalue weighted by atomic mass is 79.9. The third-order valence-corrected chi connectivity index (χ3v) is 6.95. The Kier molecular flexibility index (Phi) is 4.02. The summed E-state index contributed by atoms with van der Waals surface area (Å²) in [5.41, 5.74) is 7.71. The Bertz CT molecular complexity index is 1830. The van der Waals surface area contributed by atoms with Gasteiger partial charge in [0.05, 0.1) is 11.0 Å². The zero-order valence-electron chi connectivity index (χ0n) is 17.6. The van der Waals surface area contributed by atoms with E-state index in [1.54, 1.807) is 0 Å². The van der Waals surface area contributed by atoms with Crippen molar-refractivity contribution in [1.29, 1.82) is 0 Å². The van der Waals surface area contributed by atoms with Crippen LogP contribution in [0, 0.1) is 0 Å². The Hall–Kier alpha value is -3.82. The van der Waals surface area contributed by atoms with Crippen LogP contribution in [0.3, 0.4) is 0 Å². The average Bonchev–Trinajstić information content (AvgIpc) is 3.38. The molecule has 3 heteroatoms. The smallest absolute Gasteiger partial charge is 0.136 e. The van der Waals surface area contributed by atoms with Crippen molar-refractivity contribution in [2.24, 2.45) is 0 Å². The van der Waals surface area contributed by atoms with E-state index in [0.717, 1.165) is 32.0 Å². The van der Waals surface area contributed by atoms with Gasteiger partial charge in [0.2, 0.25) is 0 Å². The fourth-order valence-corrected chi connectivity index (χ4v) is 5.28. The first-order chi connectivity index (χ1) is 16.3. The molecule has 0 aliphatic carbocycles. The molecule has 2 nitrogen and oxygen atoms in total. The molecule has 0 saturated heterocycles. The second kappa shape index (κ2) is 7.09. The highest BCUT2D eigenvalue weighted by molar-refractivity contribution is 9.10. The predicted octanol–water partition coefficient (Wildman–Crippen LogP) is 9.11. The molecule has 7 rings (SSSR count). The van der Waals surface area contributed by atoms with Crippen molar-refractivity contribution in [2.75, 3.05) is 0 Å². The average molecular weight is 488 g/mol. The van der Waals surface area contributed by atoms with Crippen molar-refractivity contribution in [3.8, 4) is 16.8 Å². The molecular weight excluding hydrogens is 470 g/mol. The zero-order chi connectivity index (χ0) is 21.9. The van der Waals surface area contributed by atoms with Crippen LogP contribution in [-0.2, 0) is 0 Å². The van der Waals surface area contributed by atoms with Crippen LogP contribution in [0.2, 0.25) is 0 Å². The van der Waals surface area contributed by atoms with Gasteiger partial charge >= 0.3 is 0 Å². The fraction of sp³-hybridized carbons (Fsp3) is 0. The van der Waals surface area contributed by atoms with Gasteiger partial charge in [0.15, 0.2) is 0 Å². The molecule has 0 radical (unpaired) electrons. The molecule has 0 aliphatic rings. The minimum absolute atomic E-state index is 0.899. The summed E-state index contributed by atoms with van der Waals surface area (Å²) in [6.45, 7) is 0. The summed E-state index contributed by atoms with van der Waals surface area (Å²) < 4.78 is 9.56. The lowest BCUT2D eigenvalue weighted by atomic mass is 10.0. The van der Waals surface area contributed by atoms with E-state index >= 15 is 0 Å². The summed E-state index contributed by atoms with van der Waals surface area (Å²) >= 11 is 3.54. The Morgan fingerprint density at radius 2 is 1.15 bits per heavy atom. The number of rotatable bonds is 2. The normalized spacial score (nSPS) is 11.8. The SMILES string of the molecule is Brc1ccc2c(c1)oc1cc(-c3ccc4c5ccccc5n(-c5ccccc5)c4c3)ccc12. The first kappa shape index (κ1) is 18.7. The molecule has 0 saturated carbocycles. The summed E-state index contributed by atoms with van der Waals surface area (Å²) in [5, 5.41) is 4.80. The van der Waals surface area contributed by atoms with Crippen molar-refractivity contribution in [3.63, 3.8) is 0 Å². The summed E-state index contributed by atoms with van der Waals surface area (Å²) in [6.07, 6.45) is 0. The molecule has 33 heavy (non-hydrogen) atoms. The van der Waals surface area contributed by atoms with Crippen molar-refractivity contribution < 1.29 is 4.42 Å². The highest BCUT2D eigenvalue weighted by Gasteiger charge is 2.14. The number of fused-ring (bicyclic) bond motifs is 6. The topological polar surface area (TPSA) is 18.1 Å². The third-order valence-electron chi connectivity index (χ3n) is 6.46. The van der Waals surface area contributed by atoms with E-state index < -0.39 is 0 Å². The van der Waals surface area contributed by atoms with Crippen LogP contribution in [0.15, 0.2) is 118 Å². The molecule has 0 atom stereocenters. The maximum atomic E-state index is 6.19. The maximum Gasteiger partial charge on any atom is 0.136 e. The molecule has 7 aromatic rings. The van der Waals surface area contributed by atoms with Crippen molar-refractivity contribution in [1.82, 2.24) is 4.57 Å². The van der Waals surface area contributed by atoms with Crippen LogP contribution in [0.4, 0.5) is 0 Å². The lowest BCUT2D eigenvalue weighted by molar-refractivity contribution is 0.669. The van der Waals surface area contributed by atoms with Gasteiger partial charge < -0.3 is 8.98 Å². The van der Waals surface area contributed by atoms with Crippen LogP contribution < -0.4 is 0 Å². The van der Waals surface area contributed by atoms with Gasteiger partial charge in [-0.2, -0.15) is 0 Å². The number of hydrogen-bond acceptors (Lipinski definition) is 1. The molecule has 156 valence electrons. The minimum atomic E-state index is 0.899. The molecule has 0 aliphatic heterocycles. The van der Waals surface area contributed by atoms with Crippen LogP contribution in [0.5, 0.6) is 0 Å². The van der Waals surface area contributed by atoms with Gasteiger partial charge in [-0.25, -0.2) is 0 Å². The molecule has 0 unspecified atom stereocenters. The standard InChI is InChI=1S/C30H18BrNO/c31-21-12-15-26-25-14-11-20(17-29(25)33-30(26)18-21)19-10-13-24-23-8-4-5-9-27(23)32(28(24)16-19)22-6-2-1-3-7-22/h1-18H. The van der Waals surface area contributed by atoms with Gasteiger partial charge in [0.25, 0.3) is 0 Å². The number of aromatic nitrogens is 1. The van der Waals surface area contributed by atoms with E-state index in [4.69, 9.17) is 4.42 Å². The van der Waals surface area contributed by atoms with Gasteiger partial charge in [0.1, 0.15) is 11.2 Å². The molecule has 2 heterocycles. The van der Waals surface area contributed by atoms with E-state index in [1.807, 2.05) is 6.07 Å². The highest BCUT2D eigenvalue weighted by Crippen LogP contribution is 2.37. The van der Waals surface area contributed by atoms with E-state index in [2.05, 4.69) is 124 Å². The molecule has 5 aromatic carbocycles. The lowest BCUT2D eigenvalue weighted by Crippen LogP contribution is -1.93. The van der Waals surface area contributed by atoms with E-state index in [-0.39, 0.29) is 0 Å². The summed E-state index contributed by atoms with van der Waals surface area (Å²) in [7, 11) is 0. The number of halogens is 1. The number of nitrogens with zero attached hydrogens (tertiary/aromatic N) is 1. The van der Waals surface area contributed by atoms with Crippen LogP contribution in [0.1, 0.15) is 0 Å². The van der Waals surface area contributed by atoms with E-state index in [1.165, 1.54) is 33.1 Å². The van der Waals surface area contributed by atoms with Gasteiger partial charge in [-0.3, -0.25) is 0 Å². The Morgan fingerprint density at radius 1 is 0.515 bits per heavy atom. The summed E-state index contributed by atoms with van der Waals surface area (Å²) in [4.78, 5) is 0. The zero-order valence-corrected chi connectivity index (χ0v) is 19.2. The van der Waals surface area contributed by atoms with Gasteiger partial charge in [0, 0.05) is 31.7 Å². The lowest BCUT2D eigenvalue weighted by Gasteiger charge is -2.09. The number of hydrogen-bond donors (Lipinski definition) is 0. The van der Waals surface area contributed by atoms with Gasteiger partial charge in [-0.15, -0.1) is 0 Å². The second-order valence-electron chi connectivity index (χ2n) is 8.37. The van der Waals surface area contributed by atoms with Crippen LogP contribution in [-0.4, -0.2) is 4.57 Å². The Morgan fingerprint density at radius 3 is 2.00 bits per heavy atom. The first-order valence-electron chi connectivity index (χ1n) is 11.0. The van der Waals surface area contributed by atoms with E-state index in [0.29, 0.717) is 0 Å². The quantitative estimate of drug-likeness (QED) is 0.237. The van der Waals surface area contributed by atoms with Crippen molar-refractivity contribution in [3.05, 3.63) is 114 Å². The minimum Gasteiger partial charge on any atom is -0.456 e. The summed E-state index contributed by atoms with van der Waals surface area (Å²) in [5.74, 6) is 0. The first-order valence-corrected chi connectivity index (χ1v) is 11.8. The maximum absolute atomic E-state index is 6.19. The number of para-hydroxylation sites is 2. The molecule has 0 bridgehead atoms. The second-order valence-corrected chi connectivity index (χ2v) is 9.29.